The first-order valence-corrected chi connectivity index (χ1v) is 10.8. The summed E-state index contributed by atoms with van der Waals surface area (Å²) >= 11 is 1.21. The van der Waals surface area contributed by atoms with Gasteiger partial charge in [-0.3, -0.25) is 14.9 Å². The molecule has 2 aromatic carbocycles. The number of carbonyl (C=O) groups is 3. The van der Waals surface area contributed by atoms with E-state index < -0.39 is 0 Å². The van der Waals surface area contributed by atoms with Crippen LogP contribution in [0.15, 0.2) is 66.7 Å². The maximum absolute atomic E-state index is 12.4. The molecule has 1 aliphatic rings. The Bertz CT molecular complexity index is 1080. The van der Waals surface area contributed by atoms with Gasteiger partial charge >= 0.3 is 6.03 Å². The van der Waals surface area contributed by atoms with Gasteiger partial charge in [-0.15, -0.1) is 11.3 Å². The van der Waals surface area contributed by atoms with Gasteiger partial charge in [-0.2, -0.15) is 0 Å². The maximum atomic E-state index is 12.4. The lowest BCUT2D eigenvalue weighted by molar-refractivity contribution is -0.117. The van der Waals surface area contributed by atoms with Gasteiger partial charge in [0.1, 0.15) is 0 Å². The lowest BCUT2D eigenvalue weighted by Gasteiger charge is -2.16. The minimum absolute atomic E-state index is 0.153. The van der Waals surface area contributed by atoms with E-state index in [-0.39, 0.29) is 17.8 Å². The monoisotopic (exact) mass is 434 g/mol. The Labute approximate surface area is 184 Å². The summed E-state index contributed by atoms with van der Waals surface area (Å²) in [6, 6.07) is 19.8. The Balaban J connectivity index is 1.28. The summed E-state index contributed by atoms with van der Waals surface area (Å²) in [6.07, 6.45) is 1.49. The summed E-state index contributed by atoms with van der Waals surface area (Å²) in [5.74, 6) is -0.0547. The second-order valence-electron chi connectivity index (χ2n) is 7.11. The summed E-state index contributed by atoms with van der Waals surface area (Å²) in [5, 5.41) is 8.93. The van der Waals surface area contributed by atoms with Crippen molar-refractivity contribution >= 4 is 45.6 Å². The largest absolute Gasteiger partial charge is 0.347 e. The van der Waals surface area contributed by atoms with Crippen molar-refractivity contribution in [3.05, 3.63) is 77.2 Å². The van der Waals surface area contributed by atoms with Crippen molar-refractivity contribution in [1.82, 2.24) is 5.32 Å². The van der Waals surface area contributed by atoms with Gasteiger partial charge in [-0.1, -0.05) is 30.3 Å². The Hall–Kier alpha value is -3.65. The fraction of sp³-hybridized carbons (Fsp3) is 0.174. The van der Waals surface area contributed by atoms with Crippen LogP contribution in [0.5, 0.6) is 0 Å². The second-order valence-corrected chi connectivity index (χ2v) is 8.19. The molecule has 7 nitrogen and oxygen atoms in total. The van der Waals surface area contributed by atoms with Crippen LogP contribution < -0.4 is 20.9 Å². The summed E-state index contributed by atoms with van der Waals surface area (Å²) in [7, 11) is 0. The molecule has 0 unspecified atom stereocenters. The number of nitrogens with zero attached hydrogens (tertiary/aromatic N) is 1. The van der Waals surface area contributed by atoms with Crippen LogP contribution in [0, 0.1) is 0 Å². The summed E-state index contributed by atoms with van der Waals surface area (Å²) in [4.78, 5) is 38.6. The molecule has 3 aromatic rings. The number of para-hydroxylation sites is 1. The zero-order valence-electron chi connectivity index (χ0n) is 16.8. The SMILES string of the molecule is O=C(Nc1ccccc1)Nc1ccc(C(=O)NCc2ccc(N3CCCC3=O)cc2)s1. The van der Waals surface area contributed by atoms with Crippen LogP contribution in [0.25, 0.3) is 0 Å². The van der Waals surface area contributed by atoms with Gasteiger partial charge in [-0.25, -0.2) is 4.79 Å². The quantitative estimate of drug-likeness (QED) is 0.535. The van der Waals surface area contributed by atoms with Crippen LogP contribution in [-0.2, 0) is 11.3 Å². The third-order valence-electron chi connectivity index (χ3n) is 4.87. The zero-order valence-corrected chi connectivity index (χ0v) is 17.6. The van der Waals surface area contributed by atoms with Crippen molar-refractivity contribution in [2.24, 2.45) is 0 Å². The molecule has 3 N–H and O–H groups in total. The summed E-state index contributed by atoms with van der Waals surface area (Å²) in [5.41, 5.74) is 2.52. The van der Waals surface area contributed by atoms with Crippen LogP contribution in [0.3, 0.4) is 0 Å². The average Bonchev–Trinajstić information content (AvgIpc) is 3.42. The van der Waals surface area contributed by atoms with Crippen LogP contribution >= 0.6 is 11.3 Å². The predicted octanol–water partition coefficient (Wildman–Crippen LogP) is 4.45. The number of nitrogens with one attached hydrogen (secondary N) is 3. The highest BCUT2D eigenvalue weighted by molar-refractivity contribution is 7.18. The molecule has 0 bridgehead atoms. The van der Waals surface area contributed by atoms with E-state index in [4.69, 9.17) is 0 Å². The van der Waals surface area contributed by atoms with Crippen molar-refractivity contribution < 1.29 is 14.4 Å². The number of hydrogen-bond donors (Lipinski definition) is 3. The van der Waals surface area contributed by atoms with Crippen molar-refractivity contribution in [1.29, 1.82) is 0 Å². The third-order valence-corrected chi connectivity index (χ3v) is 5.87. The Morgan fingerprint density at radius 3 is 2.42 bits per heavy atom. The highest BCUT2D eigenvalue weighted by atomic mass is 32.1. The molecule has 8 heteroatoms. The van der Waals surface area contributed by atoms with E-state index in [1.165, 1.54) is 11.3 Å². The summed E-state index contributed by atoms with van der Waals surface area (Å²) < 4.78 is 0. The molecule has 0 aliphatic carbocycles. The molecule has 4 amide bonds. The van der Waals surface area contributed by atoms with Crippen LogP contribution in [0.1, 0.15) is 28.1 Å². The number of benzene rings is 2. The van der Waals surface area contributed by atoms with E-state index in [2.05, 4.69) is 16.0 Å². The molecule has 0 spiro atoms. The topological polar surface area (TPSA) is 90.5 Å². The van der Waals surface area contributed by atoms with Gasteiger partial charge in [0.2, 0.25) is 5.91 Å². The van der Waals surface area contributed by atoms with E-state index in [0.29, 0.717) is 28.5 Å². The first-order valence-electron chi connectivity index (χ1n) is 9.99. The van der Waals surface area contributed by atoms with E-state index >= 15 is 0 Å². The normalized spacial score (nSPS) is 13.2. The highest BCUT2D eigenvalue weighted by Crippen LogP contribution is 2.23. The van der Waals surface area contributed by atoms with Crippen LogP contribution in [-0.4, -0.2) is 24.4 Å². The maximum Gasteiger partial charge on any atom is 0.324 e. The van der Waals surface area contributed by atoms with E-state index in [0.717, 1.165) is 24.2 Å². The predicted molar refractivity (Wildman–Crippen MR) is 123 cm³/mol. The molecule has 4 rings (SSSR count). The number of carbonyl (C=O) groups excluding carboxylic acids is 3. The number of amides is 4. The molecule has 1 aliphatic heterocycles. The number of thiophene rings is 1. The van der Waals surface area contributed by atoms with Gasteiger partial charge < -0.3 is 15.5 Å². The van der Waals surface area contributed by atoms with Crippen LogP contribution in [0.2, 0.25) is 0 Å². The van der Waals surface area contributed by atoms with E-state index in [1.54, 1.807) is 29.2 Å². The minimum atomic E-state index is -0.364. The number of hydrogen-bond acceptors (Lipinski definition) is 4. The molecule has 1 fully saturated rings. The molecule has 0 radical (unpaired) electrons. The van der Waals surface area contributed by atoms with Crippen molar-refractivity contribution in [3.63, 3.8) is 0 Å². The number of anilines is 3. The number of rotatable bonds is 6. The molecule has 31 heavy (non-hydrogen) atoms. The minimum Gasteiger partial charge on any atom is -0.347 e. The zero-order chi connectivity index (χ0) is 21.6. The smallest absolute Gasteiger partial charge is 0.324 e. The molecule has 1 aromatic heterocycles. The van der Waals surface area contributed by atoms with Crippen molar-refractivity contribution in [3.8, 4) is 0 Å². The molecule has 0 saturated carbocycles. The van der Waals surface area contributed by atoms with Gasteiger partial charge in [0.05, 0.1) is 9.88 Å². The van der Waals surface area contributed by atoms with E-state index in [1.807, 2.05) is 42.5 Å². The van der Waals surface area contributed by atoms with Gasteiger partial charge in [0, 0.05) is 30.9 Å². The number of urea groups is 1. The van der Waals surface area contributed by atoms with Crippen LogP contribution in [0.4, 0.5) is 21.2 Å². The molecular weight excluding hydrogens is 412 g/mol. The Kier molecular flexibility index (Phi) is 6.28. The first-order chi connectivity index (χ1) is 15.1. The Morgan fingerprint density at radius 1 is 0.935 bits per heavy atom. The highest BCUT2D eigenvalue weighted by Gasteiger charge is 2.21. The first kappa shape index (κ1) is 20.6. The molecular formula is C23H22N4O3S. The van der Waals surface area contributed by atoms with Gasteiger partial charge in [0.15, 0.2) is 0 Å². The lowest BCUT2D eigenvalue weighted by atomic mass is 10.2. The standard InChI is InChI=1S/C23H22N4O3S/c28-21-7-4-14-27(21)18-10-8-16(9-11-18)15-24-22(29)19-12-13-20(31-19)26-23(30)25-17-5-2-1-3-6-17/h1-3,5-6,8-13H,4,7,14-15H2,(H,24,29)(H2,25,26,30). The molecule has 2 heterocycles. The van der Waals surface area contributed by atoms with Gasteiger partial charge in [-0.05, 0) is 48.4 Å². The average molecular weight is 435 g/mol. The molecule has 158 valence electrons. The fourth-order valence-corrected chi connectivity index (χ4v) is 4.12. The third kappa shape index (κ3) is 5.29. The van der Waals surface area contributed by atoms with Gasteiger partial charge in [0.25, 0.3) is 5.91 Å². The molecule has 1 saturated heterocycles. The lowest BCUT2D eigenvalue weighted by Crippen LogP contribution is -2.24. The molecule has 0 atom stereocenters. The Morgan fingerprint density at radius 2 is 1.71 bits per heavy atom. The van der Waals surface area contributed by atoms with E-state index in [9.17, 15) is 14.4 Å². The van der Waals surface area contributed by atoms with Crippen molar-refractivity contribution in [2.45, 2.75) is 19.4 Å². The summed E-state index contributed by atoms with van der Waals surface area (Å²) in [6.45, 7) is 1.13. The fourth-order valence-electron chi connectivity index (χ4n) is 3.31. The second kappa shape index (κ2) is 9.44. The van der Waals surface area contributed by atoms with Crippen molar-refractivity contribution in [2.75, 3.05) is 22.1 Å².